The fourth-order valence-electron chi connectivity index (χ4n) is 4.60. The van der Waals surface area contributed by atoms with Crippen molar-refractivity contribution < 1.29 is 36.2 Å². The number of azo groups is 2. The third-order valence-electron chi connectivity index (χ3n) is 6.92. The number of hydrogen-bond donors (Lipinski definition) is 4. The number of benzene rings is 6. The molecule has 0 aliphatic rings. The Labute approximate surface area is 272 Å². The summed E-state index contributed by atoms with van der Waals surface area (Å²) in [5.74, 6) is -0.279. The van der Waals surface area contributed by atoms with E-state index in [1.807, 2.05) is 24.3 Å². The molecule has 0 saturated heterocycles. The Hall–Kier alpha value is -5.19. The van der Waals surface area contributed by atoms with Gasteiger partial charge in [-0.25, -0.2) is 0 Å². The zero-order valence-corrected chi connectivity index (χ0v) is 26.3. The molecule has 0 aliphatic carbocycles. The van der Waals surface area contributed by atoms with E-state index in [1.54, 1.807) is 24.3 Å². The molecule has 0 atom stereocenters. The Kier molecular flexibility index (Phi) is 8.48. The average molecular weight is 687 g/mol. The molecule has 4 N–H and O–H groups in total. The van der Waals surface area contributed by atoms with Crippen molar-refractivity contribution in [1.29, 1.82) is 0 Å². The fourth-order valence-corrected chi connectivity index (χ4v) is 6.45. The summed E-state index contributed by atoms with van der Waals surface area (Å²) in [6.07, 6.45) is 0. The highest BCUT2D eigenvalue weighted by molar-refractivity contribution is 7.99. The number of rotatable bonds is 8. The topological polar surface area (TPSA) is 199 Å². The van der Waals surface area contributed by atoms with Crippen LogP contribution in [-0.4, -0.2) is 36.2 Å². The van der Waals surface area contributed by atoms with Crippen LogP contribution in [0.4, 0.5) is 22.7 Å². The molecular formula is C32H22N4O8S3. The van der Waals surface area contributed by atoms with E-state index in [0.717, 1.165) is 9.79 Å². The zero-order chi connectivity index (χ0) is 33.3. The summed E-state index contributed by atoms with van der Waals surface area (Å²) in [4.78, 5) is 1.28. The molecule has 0 saturated carbocycles. The predicted octanol–water partition coefficient (Wildman–Crippen LogP) is 8.88. The van der Waals surface area contributed by atoms with Crippen molar-refractivity contribution in [3.63, 3.8) is 0 Å². The highest BCUT2D eigenvalue weighted by Crippen LogP contribution is 2.39. The molecule has 0 fully saturated rings. The van der Waals surface area contributed by atoms with Crippen LogP contribution in [0.3, 0.4) is 0 Å². The van der Waals surface area contributed by atoms with Crippen molar-refractivity contribution in [2.24, 2.45) is 20.5 Å². The quantitative estimate of drug-likeness (QED) is 0.0891. The molecule has 6 aromatic carbocycles. The Morgan fingerprint density at radius 3 is 1.21 bits per heavy atom. The fraction of sp³-hybridized carbons (Fsp3) is 0. The van der Waals surface area contributed by atoms with Crippen molar-refractivity contribution in [1.82, 2.24) is 0 Å². The predicted molar refractivity (Wildman–Crippen MR) is 176 cm³/mol. The molecule has 47 heavy (non-hydrogen) atoms. The molecular weight excluding hydrogens is 665 g/mol. The van der Waals surface area contributed by atoms with Gasteiger partial charge < -0.3 is 10.2 Å². The Morgan fingerprint density at radius 1 is 0.468 bits per heavy atom. The van der Waals surface area contributed by atoms with Crippen molar-refractivity contribution in [2.45, 2.75) is 19.6 Å². The summed E-state index contributed by atoms with van der Waals surface area (Å²) < 4.78 is 64.5. The summed E-state index contributed by atoms with van der Waals surface area (Å²) in [5.41, 5.74) is 1.34. The van der Waals surface area contributed by atoms with E-state index < -0.39 is 20.2 Å². The van der Waals surface area contributed by atoms with E-state index in [1.165, 1.54) is 72.4 Å². The van der Waals surface area contributed by atoms with Gasteiger partial charge in [-0.1, -0.05) is 36.0 Å². The Morgan fingerprint density at radius 2 is 0.851 bits per heavy atom. The number of hydrogen-bond acceptors (Lipinski definition) is 11. The Bertz CT molecular complexity index is 2280. The van der Waals surface area contributed by atoms with Gasteiger partial charge in [0.1, 0.15) is 22.9 Å². The lowest BCUT2D eigenvalue weighted by Gasteiger charge is -2.06. The number of fused-ring (bicyclic) bond motifs is 2. The monoisotopic (exact) mass is 686 g/mol. The molecule has 6 rings (SSSR count). The first-order chi connectivity index (χ1) is 22.3. The lowest BCUT2D eigenvalue weighted by molar-refractivity contribution is 0.476. The normalized spacial score (nSPS) is 12.5. The van der Waals surface area contributed by atoms with E-state index in [9.17, 15) is 36.2 Å². The molecule has 15 heteroatoms. The molecule has 0 unspecified atom stereocenters. The molecule has 6 aromatic rings. The van der Waals surface area contributed by atoms with Gasteiger partial charge >= 0.3 is 0 Å². The van der Waals surface area contributed by atoms with E-state index in [4.69, 9.17) is 0 Å². The minimum absolute atomic E-state index is 0.140. The highest BCUT2D eigenvalue weighted by Gasteiger charge is 2.14. The molecule has 0 aliphatic heterocycles. The summed E-state index contributed by atoms with van der Waals surface area (Å²) in [6, 6.07) is 28.1. The van der Waals surface area contributed by atoms with Crippen molar-refractivity contribution >= 4 is 76.3 Å². The summed E-state index contributed by atoms with van der Waals surface area (Å²) in [5, 5.41) is 39.3. The van der Waals surface area contributed by atoms with Gasteiger partial charge in [0.05, 0.1) is 21.2 Å². The molecule has 0 bridgehead atoms. The zero-order valence-electron chi connectivity index (χ0n) is 23.8. The van der Waals surface area contributed by atoms with E-state index in [0.29, 0.717) is 32.9 Å². The first kappa shape index (κ1) is 31.8. The van der Waals surface area contributed by atoms with E-state index in [-0.39, 0.29) is 32.7 Å². The standard InChI is InChI=1S/C32H22N4O8S3/c37-29-15-1-19-17-25(46(39,40)41)11-13-27(19)31(29)35-33-21-3-7-23(8-4-21)45-24-9-5-22(6-10-24)34-36-32-28-14-12-26(47(42,43)44)18-20(28)2-16-30(32)38/h1-18,37-38H,(H,39,40,41)(H,42,43,44)/b35-33+,36-34+. The summed E-state index contributed by atoms with van der Waals surface area (Å²) in [7, 11) is -8.77. The first-order valence-electron chi connectivity index (χ1n) is 13.5. The summed E-state index contributed by atoms with van der Waals surface area (Å²) in [6.45, 7) is 0. The average Bonchev–Trinajstić information content (AvgIpc) is 3.04. The smallest absolute Gasteiger partial charge is 0.294 e. The Balaban J connectivity index is 1.15. The van der Waals surface area contributed by atoms with E-state index in [2.05, 4.69) is 20.5 Å². The molecule has 0 spiro atoms. The van der Waals surface area contributed by atoms with Crippen LogP contribution in [0.2, 0.25) is 0 Å². The van der Waals surface area contributed by atoms with Crippen LogP contribution in [0.1, 0.15) is 0 Å². The van der Waals surface area contributed by atoms with Gasteiger partial charge in [0.25, 0.3) is 20.2 Å². The van der Waals surface area contributed by atoms with Gasteiger partial charge in [-0.3, -0.25) is 9.11 Å². The second-order valence-corrected chi connectivity index (χ2v) is 14.1. The van der Waals surface area contributed by atoms with Crippen LogP contribution in [-0.2, 0) is 20.2 Å². The minimum atomic E-state index is -4.38. The van der Waals surface area contributed by atoms with Crippen LogP contribution in [0.5, 0.6) is 11.5 Å². The van der Waals surface area contributed by atoms with Crippen molar-refractivity contribution in [3.05, 3.63) is 109 Å². The van der Waals surface area contributed by atoms with Crippen LogP contribution in [0, 0.1) is 0 Å². The van der Waals surface area contributed by atoms with Gasteiger partial charge in [0, 0.05) is 20.6 Å². The molecule has 236 valence electrons. The van der Waals surface area contributed by atoms with Gasteiger partial charge in [0.15, 0.2) is 0 Å². The van der Waals surface area contributed by atoms with Crippen LogP contribution in [0.25, 0.3) is 21.5 Å². The van der Waals surface area contributed by atoms with Gasteiger partial charge in [-0.05, 0) is 95.7 Å². The number of aromatic hydroxyl groups is 2. The van der Waals surface area contributed by atoms with Crippen molar-refractivity contribution in [3.8, 4) is 11.5 Å². The lowest BCUT2D eigenvalue weighted by Crippen LogP contribution is -1.97. The third kappa shape index (κ3) is 7.14. The number of phenols is 2. The van der Waals surface area contributed by atoms with Gasteiger partial charge in [-0.2, -0.15) is 27.1 Å². The minimum Gasteiger partial charge on any atom is -0.506 e. The summed E-state index contributed by atoms with van der Waals surface area (Å²) >= 11 is 1.49. The maximum atomic E-state index is 11.5. The van der Waals surface area contributed by atoms with Crippen LogP contribution >= 0.6 is 11.8 Å². The van der Waals surface area contributed by atoms with Gasteiger partial charge in [0.2, 0.25) is 0 Å². The van der Waals surface area contributed by atoms with Crippen LogP contribution in [0.15, 0.2) is 149 Å². The maximum Gasteiger partial charge on any atom is 0.294 e. The molecule has 0 amide bonds. The first-order valence-corrected chi connectivity index (χ1v) is 17.2. The molecule has 0 radical (unpaired) electrons. The molecule has 0 heterocycles. The molecule has 12 nitrogen and oxygen atoms in total. The van der Waals surface area contributed by atoms with E-state index >= 15 is 0 Å². The molecule has 0 aromatic heterocycles. The lowest BCUT2D eigenvalue weighted by atomic mass is 10.1. The highest BCUT2D eigenvalue weighted by atomic mass is 32.2. The number of phenolic OH excluding ortho intramolecular Hbond substituents is 2. The maximum absolute atomic E-state index is 11.5. The second kappa shape index (κ2) is 12.5. The van der Waals surface area contributed by atoms with Crippen molar-refractivity contribution in [2.75, 3.05) is 0 Å². The van der Waals surface area contributed by atoms with Gasteiger partial charge in [-0.15, -0.1) is 10.2 Å². The third-order valence-corrected chi connectivity index (χ3v) is 9.63. The number of nitrogens with zero attached hydrogens (tertiary/aromatic N) is 4. The largest absolute Gasteiger partial charge is 0.506 e. The SMILES string of the molecule is O=S(=O)(O)c1ccc2c(/N=N/c3ccc(Sc4ccc(/N=N/c5c(O)ccc6cc(S(=O)(=O)O)ccc56)cc4)cc3)c(O)ccc2c1. The van der Waals surface area contributed by atoms with Crippen LogP contribution < -0.4 is 0 Å². The second-order valence-electron chi connectivity index (χ2n) is 10.1.